The molecule has 0 amide bonds. The fourth-order valence-electron chi connectivity index (χ4n) is 1.49. The van der Waals surface area contributed by atoms with E-state index in [2.05, 4.69) is 5.32 Å². The lowest BCUT2D eigenvalue weighted by molar-refractivity contribution is 0.126. The monoisotopic (exact) mass is 280 g/mol. The predicted molar refractivity (Wildman–Crippen MR) is 75.8 cm³/mol. The van der Waals surface area contributed by atoms with Crippen LogP contribution in [0, 0.1) is 0 Å². The van der Waals surface area contributed by atoms with Crippen molar-refractivity contribution in [1.82, 2.24) is 5.32 Å². The number of hydrogen-bond acceptors (Lipinski definition) is 5. The van der Waals surface area contributed by atoms with Crippen molar-refractivity contribution >= 4 is 18.6 Å². The lowest BCUT2D eigenvalue weighted by Gasteiger charge is -2.25. The highest BCUT2D eigenvalue weighted by Gasteiger charge is 2.32. The topological polar surface area (TPSA) is 65.7 Å². The third-order valence-corrected chi connectivity index (χ3v) is 7.58. The fourth-order valence-corrected chi connectivity index (χ4v) is 5.80. The molecule has 0 saturated carbocycles. The molecule has 0 aromatic rings. The van der Waals surface area contributed by atoms with Crippen molar-refractivity contribution in [3.8, 4) is 0 Å². The van der Waals surface area contributed by atoms with Crippen molar-refractivity contribution in [3.05, 3.63) is 0 Å². The minimum absolute atomic E-state index is 0.527. The van der Waals surface area contributed by atoms with Crippen LogP contribution in [0.15, 0.2) is 0 Å². The number of rotatable bonds is 12. The van der Waals surface area contributed by atoms with E-state index in [-0.39, 0.29) is 0 Å². The van der Waals surface area contributed by atoms with Crippen molar-refractivity contribution in [2.45, 2.75) is 32.9 Å². The highest BCUT2D eigenvalue weighted by atomic mass is 28.4. The van der Waals surface area contributed by atoms with E-state index < -0.39 is 18.6 Å². The Morgan fingerprint density at radius 3 is 2.35 bits per heavy atom. The molecule has 5 nitrogen and oxygen atoms in total. The van der Waals surface area contributed by atoms with Gasteiger partial charge in [0.25, 0.3) is 0 Å². The van der Waals surface area contributed by atoms with Gasteiger partial charge in [-0.2, -0.15) is 0 Å². The second-order valence-electron chi connectivity index (χ2n) is 3.82. The molecule has 0 aliphatic carbocycles. The van der Waals surface area contributed by atoms with E-state index >= 15 is 0 Å². The van der Waals surface area contributed by atoms with Crippen LogP contribution in [0.4, 0.5) is 0 Å². The average Bonchev–Trinajstić information content (AvgIpc) is 2.28. The van der Waals surface area contributed by atoms with Gasteiger partial charge in [-0.1, -0.05) is 0 Å². The van der Waals surface area contributed by atoms with Gasteiger partial charge in [0.15, 0.2) is 9.76 Å². The molecule has 0 heterocycles. The Hall–Kier alpha value is 0.234. The smallest absolute Gasteiger partial charge is 0.421 e. The van der Waals surface area contributed by atoms with Gasteiger partial charge < -0.3 is 24.0 Å². The Kier molecular flexibility index (Phi) is 11.5. The molecule has 0 saturated heterocycles. The van der Waals surface area contributed by atoms with Crippen LogP contribution in [-0.2, 0) is 13.0 Å². The second kappa shape index (κ2) is 11.3. The first-order valence-electron chi connectivity index (χ1n) is 6.51. The summed E-state index contributed by atoms with van der Waals surface area (Å²) in [6.45, 7) is 9.89. The van der Waals surface area contributed by atoms with Crippen LogP contribution in [-0.4, -0.2) is 51.4 Å². The zero-order valence-corrected chi connectivity index (χ0v) is 13.9. The van der Waals surface area contributed by atoms with Crippen LogP contribution < -0.4 is 11.1 Å². The van der Waals surface area contributed by atoms with Crippen molar-refractivity contribution in [2.75, 3.05) is 32.8 Å². The first kappa shape index (κ1) is 17.2. The minimum Gasteiger partial charge on any atom is -0.421 e. The SMILES string of the molecule is CCO[Si](C)(OCC)O[SiH2]CCCNCCN. The summed E-state index contributed by atoms with van der Waals surface area (Å²) in [6.07, 6.45) is 1.15. The molecular weight excluding hydrogens is 252 g/mol. The Labute approximate surface area is 109 Å². The van der Waals surface area contributed by atoms with Crippen LogP contribution in [0.3, 0.4) is 0 Å². The number of hydrogen-bond donors (Lipinski definition) is 2. The number of nitrogens with one attached hydrogen (secondary N) is 1. The van der Waals surface area contributed by atoms with Crippen molar-refractivity contribution in [1.29, 1.82) is 0 Å². The summed E-state index contributed by atoms with van der Waals surface area (Å²) in [5.41, 5.74) is 5.39. The molecule has 0 fully saturated rings. The van der Waals surface area contributed by atoms with Gasteiger partial charge in [-0.15, -0.1) is 0 Å². The van der Waals surface area contributed by atoms with E-state index in [4.69, 9.17) is 18.7 Å². The first-order chi connectivity index (χ1) is 8.18. The van der Waals surface area contributed by atoms with Gasteiger partial charge in [0.2, 0.25) is 0 Å². The van der Waals surface area contributed by atoms with Crippen LogP contribution in [0.5, 0.6) is 0 Å². The van der Waals surface area contributed by atoms with Gasteiger partial charge in [0.05, 0.1) is 0 Å². The quantitative estimate of drug-likeness (QED) is 0.392. The van der Waals surface area contributed by atoms with Gasteiger partial charge in [0, 0.05) is 32.9 Å². The second-order valence-corrected chi connectivity index (χ2v) is 8.39. The lowest BCUT2D eigenvalue weighted by atomic mass is 10.5. The molecule has 3 N–H and O–H groups in total. The molecule has 0 spiro atoms. The molecule has 0 aliphatic rings. The predicted octanol–water partition coefficient (Wildman–Crippen LogP) is 0.0852. The van der Waals surface area contributed by atoms with Gasteiger partial charge >= 0.3 is 8.80 Å². The molecule has 0 unspecified atom stereocenters. The van der Waals surface area contributed by atoms with E-state index in [1.165, 1.54) is 0 Å². The summed E-state index contributed by atoms with van der Waals surface area (Å²) in [5, 5.41) is 3.27. The van der Waals surface area contributed by atoms with Crippen molar-refractivity contribution in [2.24, 2.45) is 5.73 Å². The molecule has 0 radical (unpaired) electrons. The molecule has 104 valence electrons. The molecule has 0 bridgehead atoms. The van der Waals surface area contributed by atoms with Gasteiger partial charge in [-0.05, 0) is 32.9 Å². The Balaban J connectivity index is 3.54. The van der Waals surface area contributed by atoms with Crippen LogP contribution in [0.25, 0.3) is 0 Å². The van der Waals surface area contributed by atoms with E-state index in [1.54, 1.807) is 0 Å². The normalized spacial score (nSPS) is 12.7. The van der Waals surface area contributed by atoms with E-state index in [0.717, 1.165) is 25.6 Å². The zero-order chi connectivity index (χ0) is 13.0. The Morgan fingerprint density at radius 2 is 1.82 bits per heavy atom. The molecule has 17 heavy (non-hydrogen) atoms. The maximum absolute atomic E-state index is 5.90. The Morgan fingerprint density at radius 1 is 1.18 bits per heavy atom. The zero-order valence-electron chi connectivity index (χ0n) is 11.5. The number of nitrogens with two attached hydrogens (primary N) is 1. The van der Waals surface area contributed by atoms with Gasteiger partial charge in [0.1, 0.15) is 0 Å². The summed E-state index contributed by atoms with van der Waals surface area (Å²) in [7, 11) is -2.83. The summed E-state index contributed by atoms with van der Waals surface area (Å²) in [4.78, 5) is 0. The third kappa shape index (κ3) is 9.89. The summed E-state index contributed by atoms with van der Waals surface area (Å²) in [5.74, 6) is 0. The highest BCUT2D eigenvalue weighted by Crippen LogP contribution is 2.09. The Bertz CT molecular complexity index is 170. The lowest BCUT2D eigenvalue weighted by Crippen LogP contribution is -2.43. The maximum Gasteiger partial charge on any atom is 0.486 e. The van der Waals surface area contributed by atoms with Gasteiger partial charge in [-0.3, -0.25) is 0 Å². The summed E-state index contributed by atoms with van der Waals surface area (Å²) in [6, 6.07) is 1.15. The van der Waals surface area contributed by atoms with Crippen LogP contribution >= 0.6 is 0 Å². The molecule has 0 rings (SSSR count). The summed E-state index contributed by atoms with van der Waals surface area (Å²) < 4.78 is 17.1. The van der Waals surface area contributed by atoms with Crippen LogP contribution in [0.2, 0.25) is 12.6 Å². The van der Waals surface area contributed by atoms with E-state index in [1.807, 2.05) is 20.4 Å². The van der Waals surface area contributed by atoms with E-state index in [9.17, 15) is 0 Å². The standard InChI is InChI=1S/C10H28N2O3Si2/c1-4-13-17(3,14-5-2)15-16-10-6-8-12-9-7-11/h12H,4-11,16H2,1-3H3. The average molecular weight is 281 g/mol. The third-order valence-electron chi connectivity index (χ3n) is 2.25. The maximum atomic E-state index is 5.90. The van der Waals surface area contributed by atoms with E-state index in [0.29, 0.717) is 19.8 Å². The minimum atomic E-state index is -2.30. The molecule has 0 aromatic heterocycles. The molecular formula is C10H28N2O3Si2. The van der Waals surface area contributed by atoms with Crippen molar-refractivity contribution < 1.29 is 13.0 Å². The van der Waals surface area contributed by atoms with Crippen LogP contribution in [0.1, 0.15) is 20.3 Å². The first-order valence-corrected chi connectivity index (χ1v) is 10.3. The highest BCUT2D eigenvalue weighted by molar-refractivity contribution is 6.64. The molecule has 7 heteroatoms. The molecule has 0 aliphatic heterocycles. The molecule has 0 aromatic carbocycles. The largest absolute Gasteiger partial charge is 0.486 e. The molecule has 0 atom stereocenters. The van der Waals surface area contributed by atoms with Crippen molar-refractivity contribution in [3.63, 3.8) is 0 Å². The summed E-state index contributed by atoms with van der Waals surface area (Å²) >= 11 is 0. The van der Waals surface area contributed by atoms with Gasteiger partial charge in [-0.25, -0.2) is 0 Å². The fraction of sp³-hybridized carbons (Fsp3) is 1.00.